The van der Waals surface area contributed by atoms with E-state index < -0.39 is 67.5 Å². The van der Waals surface area contributed by atoms with Gasteiger partial charge in [-0.1, -0.05) is 32.1 Å². The van der Waals surface area contributed by atoms with Crippen LogP contribution < -0.4 is 0 Å². The lowest BCUT2D eigenvalue weighted by atomic mass is 9.99. The Morgan fingerprint density at radius 1 is 0.659 bits per heavy atom. The number of ether oxygens (including phenoxy) is 4. The average molecular weight is 593 g/mol. The Labute approximate surface area is 242 Å². The summed E-state index contributed by atoms with van der Waals surface area (Å²) >= 11 is 0. The number of ketones is 2. The first kappa shape index (κ1) is 36.1. The maximum absolute atomic E-state index is 12.2. The van der Waals surface area contributed by atoms with E-state index in [1.807, 2.05) is 0 Å². The summed E-state index contributed by atoms with van der Waals surface area (Å²) in [6.07, 6.45) is -3.29. The van der Waals surface area contributed by atoms with Gasteiger partial charge in [0.2, 0.25) is 0 Å². The fourth-order valence-corrected chi connectivity index (χ4v) is 5.16. The van der Waals surface area contributed by atoms with E-state index in [2.05, 4.69) is 0 Å². The van der Waals surface area contributed by atoms with Crippen LogP contribution in [-0.2, 0) is 28.5 Å². The van der Waals surface area contributed by atoms with Gasteiger partial charge in [0, 0.05) is 25.9 Å². The molecule has 12 heteroatoms. The van der Waals surface area contributed by atoms with Crippen molar-refractivity contribution in [3.63, 3.8) is 0 Å². The molecule has 0 amide bonds. The van der Waals surface area contributed by atoms with Crippen LogP contribution in [-0.4, -0.2) is 116 Å². The molecule has 2 aliphatic heterocycles. The third-order valence-electron chi connectivity index (χ3n) is 7.82. The van der Waals surface area contributed by atoms with Gasteiger partial charge in [-0.25, -0.2) is 0 Å². The molecule has 0 aromatic carbocycles. The van der Waals surface area contributed by atoms with Crippen LogP contribution in [0.25, 0.3) is 0 Å². The van der Waals surface area contributed by atoms with E-state index in [9.17, 15) is 40.2 Å². The molecule has 0 radical (unpaired) electrons. The van der Waals surface area contributed by atoms with Crippen molar-refractivity contribution >= 4 is 11.6 Å². The number of aliphatic hydroxyl groups excluding tert-OH is 6. The molecular formula is C29H52O12. The highest BCUT2D eigenvalue weighted by Gasteiger charge is 2.44. The highest BCUT2D eigenvalue weighted by Crippen LogP contribution is 2.25. The van der Waals surface area contributed by atoms with Gasteiger partial charge in [0.25, 0.3) is 0 Å². The zero-order chi connectivity index (χ0) is 30.5. The van der Waals surface area contributed by atoms with Crippen molar-refractivity contribution in [1.82, 2.24) is 0 Å². The zero-order valence-electron chi connectivity index (χ0n) is 24.7. The van der Waals surface area contributed by atoms with Crippen LogP contribution in [0.15, 0.2) is 0 Å². The minimum atomic E-state index is -1.41. The molecule has 12 nitrogen and oxygen atoms in total. The van der Waals surface area contributed by atoms with Crippen molar-refractivity contribution in [2.24, 2.45) is 0 Å². The molecule has 0 aliphatic carbocycles. The largest absolute Gasteiger partial charge is 0.388 e. The molecule has 240 valence electrons. The van der Waals surface area contributed by atoms with E-state index in [1.54, 1.807) is 13.8 Å². The Hall–Kier alpha value is -1.06. The van der Waals surface area contributed by atoms with Gasteiger partial charge in [0.1, 0.15) is 48.2 Å². The van der Waals surface area contributed by atoms with Crippen LogP contribution >= 0.6 is 0 Å². The number of carbonyl (C=O) groups is 2. The maximum Gasteiger partial charge on any atom is 0.186 e. The van der Waals surface area contributed by atoms with Crippen molar-refractivity contribution < 1.29 is 59.2 Å². The quantitative estimate of drug-likeness (QED) is 0.116. The van der Waals surface area contributed by atoms with E-state index in [-0.39, 0.29) is 18.0 Å². The van der Waals surface area contributed by atoms with E-state index in [1.165, 1.54) is 6.92 Å². The summed E-state index contributed by atoms with van der Waals surface area (Å²) in [5.74, 6) is 0.178. The minimum absolute atomic E-state index is 0.0562. The number of unbranched alkanes of at least 4 members (excludes halogenated alkanes) is 6. The molecule has 2 saturated heterocycles. The Morgan fingerprint density at radius 3 is 1.71 bits per heavy atom. The molecule has 0 aromatic heterocycles. The molecule has 2 heterocycles. The lowest BCUT2D eigenvalue weighted by Gasteiger charge is -2.40. The predicted molar refractivity (Wildman–Crippen MR) is 147 cm³/mol. The Bertz CT molecular complexity index is 766. The number of rotatable bonds is 19. The van der Waals surface area contributed by atoms with Gasteiger partial charge in [-0.2, -0.15) is 0 Å². The predicted octanol–water partition coefficient (Wildman–Crippen LogP) is 0.883. The van der Waals surface area contributed by atoms with Gasteiger partial charge in [-0.05, 0) is 46.5 Å². The standard InChI is InChI=1S/C29H52O12/c1-17(30)16-21(41-29-27(37)25(35)23(33)19(3)40-29)14-10-5-4-8-12-20(31)13-9-6-7-11-15-38-28-26(36)24(34)22(32)18(2)39-28/h18-19,21-29,32-37H,4-16H2,1-3H3. The molecular weight excluding hydrogens is 540 g/mol. The van der Waals surface area contributed by atoms with Crippen molar-refractivity contribution in [1.29, 1.82) is 0 Å². The van der Waals surface area contributed by atoms with Gasteiger partial charge in [0.05, 0.1) is 18.3 Å². The zero-order valence-corrected chi connectivity index (χ0v) is 24.7. The maximum atomic E-state index is 12.2. The Kier molecular flexibility index (Phi) is 16.4. The fourth-order valence-electron chi connectivity index (χ4n) is 5.16. The summed E-state index contributed by atoms with van der Waals surface area (Å²) in [6.45, 7) is 5.00. The van der Waals surface area contributed by atoms with E-state index >= 15 is 0 Å². The molecule has 0 aromatic rings. The van der Waals surface area contributed by atoms with Gasteiger partial charge in [0.15, 0.2) is 12.6 Å². The number of Topliss-reactive ketones (excluding diaryl/α,β-unsaturated/α-hetero) is 2. The summed E-state index contributed by atoms with van der Waals surface area (Å²) in [4.78, 5) is 23.9. The third kappa shape index (κ3) is 12.2. The highest BCUT2D eigenvalue weighted by atomic mass is 16.7. The average Bonchev–Trinajstić information content (AvgIpc) is 2.92. The van der Waals surface area contributed by atoms with Crippen LogP contribution in [0.5, 0.6) is 0 Å². The van der Waals surface area contributed by atoms with E-state index in [0.717, 1.165) is 51.4 Å². The molecule has 0 saturated carbocycles. The topological polar surface area (TPSA) is 192 Å². The second-order valence-corrected chi connectivity index (χ2v) is 11.6. The first-order chi connectivity index (χ1) is 19.4. The van der Waals surface area contributed by atoms with Crippen LogP contribution in [0.4, 0.5) is 0 Å². The third-order valence-corrected chi connectivity index (χ3v) is 7.82. The van der Waals surface area contributed by atoms with Crippen molar-refractivity contribution in [2.75, 3.05) is 6.61 Å². The normalized spacial score (nSPS) is 34.9. The number of carbonyl (C=O) groups excluding carboxylic acids is 2. The monoisotopic (exact) mass is 592 g/mol. The van der Waals surface area contributed by atoms with Crippen LogP contribution in [0.3, 0.4) is 0 Å². The molecule has 11 unspecified atom stereocenters. The molecule has 6 N–H and O–H groups in total. The molecule has 2 aliphatic rings. The van der Waals surface area contributed by atoms with Gasteiger partial charge >= 0.3 is 0 Å². The van der Waals surface area contributed by atoms with E-state index in [4.69, 9.17) is 18.9 Å². The summed E-state index contributed by atoms with van der Waals surface area (Å²) in [5.41, 5.74) is 0. The molecule has 2 fully saturated rings. The van der Waals surface area contributed by atoms with Gasteiger partial charge < -0.3 is 49.6 Å². The summed E-state index contributed by atoms with van der Waals surface area (Å²) in [6, 6.07) is 0. The van der Waals surface area contributed by atoms with Crippen LogP contribution in [0.2, 0.25) is 0 Å². The van der Waals surface area contributed by atoms with Gasteiger partial charge in [-0.3, -0.25) is 9.59 Å². The van der Waals surface area contributed by atoms with E-state index in [0.29, 0.717) is 25.9 Å². The molecule has 0 spiro atoms. The number of hydrogen-bond donors (Lipinski definition) is 6. The van der Waals surface area contributed by atoms with Crippen LogP contribution in [0, 0.1) is 0 Å². The van der Waals surface area contributed by atoms with Crippen molar-refractivity contribution in [3.8, 4) is 0 Å². The lowest BCUT2D eigenvalue weighted by Crippen LogP contribution is -2.58. The lowest BCUT2D eigenvalue weighted by molar-refractivity contribution is -0.304. The van der Waals surface area contributed by atoms with Gasteiger partial charge in [-0.15, -0.1) is 0 Å². The van der Waals surface area contributed by atoms with Crippen molar-refractivity contribution in [2.45, 2.75) is 165 Å². The Balaban J connectivity index is 1.51. The van der Waals surface area contributed by atoms with Crippen LogP contribution in [0.1, 0.15) is 97.8 Å². The minimum Gasteiger partial charge on any atom is -0.388 e. The SMILES string of the molecule is CC(=O)CC(CCCCCCC(=O)CCCCCCOC1OC(C)C(O)C(O)C1O)OC1OC(C)C(O)C(O)C1O. The molecule has 41 heavy (non-hydrogen) atoms. The number of hydrogen-bond acceptors (Lipinski definition) is 12. The summed E-state index contributed by atoms with van der Waals surface area (Å²) < 4.78 is 22.2. The van der Waals surface area contributed by atoms with Crippen molar-refractivity contribution in [3.05, 3.63) is 0 Å². The molecule has 0 bridgehead atoms. The second-order valence-electron chi connectivity index (χ2n) is 11.6. The molecule has 2 rings (SSSR count). The molecule has 11 atom stereocenters. The summed E-state index contributed by atoms with van der Waals surface area (Å²) in [5, 5.41) is 59.5. The fraction of sp³-hybridized carbons (Fsp3) is 0.931. The Morgan fingerprint density at radius 2 is 1.15 bits per heavy atom. The smallest absolute Gasteiger partial charge is 0.186 e. The first-order valence-electron chi connectivity index (χ1n) is 15.1. The first-order valence-corrected chi connectivity index (χ1v) is 15.1. The highest BCUT2D eigenvalue weighted by molar-refractivity contribution is 5.78. The second kappa shape index (κ2) is 18.6. The number of aliphatic hydroxyl groups is 6. The summed E-state index contributed by atoms with van der Waals surface area (Å²) in [7, 11) is 0.